The van der Waals surface area contributed by atoms with E-state index in [1.807, 2.05) is 27.7 Å². The number of anilines is 2. The van der Waals surface area contributed by atoms with Crippen molar-refractivity contribution in [2.24, 2.45) is 5.92 Å². The fraction of sp³-hybridized carbons (Fsp3) is 0.625. The summed E-state index contributed by atoms with van der Waals surface area (Å²) >= 11 is 0. The van der Waals surface area contributed by atoms with E-state index in [2.05, 4.69) is 21.1 Å². The van der Waals surface area contributed by atoms with Crippen molar-refractivity contribution < 1.29 is 33.5 Å². The van der Waals surface area contributed by atoms with Crippen LogP contribution in [-0.2, 0) is 4.74 Å². The fourth-order valence-corrected chi connectivity index (χ4v) is 5.11. The van der Waals surface area contributed by atoms with Crippen LogP contribution in [0.25, 0.3) is 0 Å². The molecular formula is C32H50N6O7. The second-order valence-corrected chi connectivity index (χ2v) is 12.3. The van der Waals surface area contributed by atoms with Gasteiger partial charge < -0.3 is 44.9 Å². The Morgan fingerprint density at radius 2 is 1.89 bits per heavy atom. The third-order valence-electron chi connectivity index (χ3n) is 7.79. The largest absolute Gasteiger partial charge is 0.490 e. The molecule has 1 aliphatic rings. The molecular weight excluding hydrogens is 580 g/mol. The molecule has 5 amide bonds. The number of nitrogens with one attached hydrogen (secondary N) is 3. The zero-order chi connectivity index (χ0) is 33.3. The highest BCUT2D eigenvalue weighted by Gasteiger charge is 2.31. The summed E-state index contributed by atoms with van der Waals surface area (Å²) in [6, 6.07) is 3.69. The molecule has 1 aliphatic heterocycles. The molecule has 13 heteroatoms. The fourth-order valence-electron chi connectivity index (χ4n) is 5.11. The first kappa shape index (κ1) is 35.6. The topological polar surface area (TPSA) is 158 Å². The van der Waals surface area contributed by atoms with Crippen molar-refractivity contribution in [2.45, 2.75) is 92.0 Å². The molecule has 0 aliphatic carbocycles. The molecule has 0 saturated heterocycles. The molecule has 0 unspecified atom stereocenters. The van der Waals surface area contributed by atoms with E-state index in [0.717, 1.165) is 19.3 Å². The van der Waals surface area contributed by atoms with E-state index in [4.69, 9.17) is 14.0 Å². The SMILES string of the molecule is Cc1noc(C)c1NC(=O)Nc1ccc2c(c1)C(=O)N([C@@H](C)CO)C[C@@H](C)[C@H](CN(C)C(=O)NC(C)C)OCCCC[C@@H](C)O2. The van der Waals surface area contributed by atoms with Crippen LogP contribution >= 0.6 is 0 Å². The van der Waals surface area contributed by atoms with Crippen LogP contribution in [0.3, 0.4) is 0 Å². The number of aliphatic hydroxyl groups is 1. The number of likely N-dealkylation sites (N-methyl/N-ethyl adjacent to an activating group) is 1. The highest BCUT2D eigenvalue weighted by molar-refractivity contribution is 6.03. The van der Waals surface area contributed by atoms with E-state index >= 15 is 0 Å². The Hall–Kier alpha value is -3.84. The third-order valence-corrected chi connectivity index (χ3v) is 7.79. The first-order valence-electron chi connectivity index (χ1n) is 15.7. The standard InChI is InChI=1S/C32H50N6O7/c1-19(2)33-32(42)37(8)17-28-20(3)16-38(21(4)18-39)30(40)26-15-25(34-31(41)35-29-23(6)36-45-24(29)7)12-13-27(26)44-22(5)11-9-10-14-43-28/h12-13,15,19-22,28,39H,9-11,14,16-18H2,1-8H3,(H,33,42)(H2,34,35,41)/t20-,21+,22-,28+/m1/s1. The molecule has 1 aromatic carbocycles. The van der Waals surface area contributed by atoms with E-state index in [1.165, 1.54) is 0 Å². The van der Waals surface area contributed by atoms with Crippen molar-refractivity contribution in [3.63, 3.8) is 0 Å². The number of amides is 5. The molecule has 3 rings (SSSR count). The van der Waals surface area contributed by atoms with Crippen LogP contribution in [0, 0.1) is 19.8 Å². The maximum Gasteiger partial charge on any atom is 0.323 e. The molecule has 0 saturated carbocycles. The molecule has 0 spiro atoms. The molecule has 0 fully saturated rings. The van der Waals surface area contributed by atoms with Crippen LogP contribution in [0.5, 0.6) is 5.75 Å². The third kappa shape index (κ3) is 10.1. The van der Waals surface area contributed by atoms with Gasteiger partial charge in [0.2, 0.25) is 0 Å². The van der Waals surface area contributed by atoms with Gasteiger partial charge in [0.15, 0.2) is 5.76 Å². The van der Waals surface area contributed by atoms with Crippen LogP contribution in [0.4, 0.5) is 21.0 Å². The first-order valence-corrected chi connectivity index (χ1v) is 15.7. The zero-order valence-corrected chi connectivity index (χ0v) is 27.8. The predicted octanol–water partition coefficient (Wildman–Crippen LogP) is 4.78. The summed E-state index contributed by atoms with van der Waals surface area (Å²) in [6.07, 6.45) is 1.86. The lowest BCUT2D eigenvalue weighted by Gasteiger charge is -2.36. The van der Waals surface area contributed by atoms with Gasteiger partial charge in [-0.25, -0.2) is 9.59 Å². The minimum Gasteiger partial charge on any atom is -0.490 e. The monoisotopic (exact) mass is 630 g/mol. The number of rotatable bonds is 7. The van der Waals surface area contributed by atoms with E-state index < -0.39 is 12.1 Å². The number of aliphatic hydroxyl groups excluding tert-OH is 1. The average molecular weight is 631 g/mol. The maximum atomic E-state index is 14.3. The molecule has 0 radical (unpaired) electrons. The minimum absolute atomic E-state index is 0.00794. The van der Waals surface area contributed by atoms with E-state index in [1.54, 1.807) is 55.8 Å². The van der Waals surface area contributed by atoms with Crippen molar-refractivity contribution >= 4 is 29.3 Å². The second kappa shape index (κ2) is 16.5. The smallest absolute Gasteiger partial charge is 0.323 e. The predicted molar refractivity (Wildman–Crippen MR) is 172 cm³/mol. The Bertz CT molecular complexity index is 1280. The van der Waals surface area contributed by atoms with Gasteiger partial charge in [0.05, 0.1) is 30.4 Å². The lowest BCUT2D eigenvalue weighted by molar-refractivity contribution is -0.0122. The normalized spacial score (nSPS) is 20.4. The number of aromatic nitrogens is 1. The summed E-state index contributed by atoms with van der Waals surface area (Å²) in [4.78, 5) is 43.0. The van der Waals surface area contributed by atoms with Crippen molar-refractivity contribution in [1.82, 2.24) is 20.3 Å². The number of aryl methyl sites for hydroxylation is 2. The van der Waals surface area contributed by atoms with Gasteiger partial charge >= 0.3 is 12.1 Å². The lowest BCUT2D eigenvalue weighted by atomic mass is 10.0. The van der Waals surface area contributed by atoms with Gasteiger partial charge in [-0.05, 0) is 79.0 Å². The summed E-state index contributed by atoms with van der Waals surface area (Å²) in [5.74, 6) is 0.316. The van der Waals surface area contributed by atoms with E-state index in [9.17, 15) is 19.5 Å². The second-order valence-electron chi connectivity index (χ2n) is 12.3. The Balaban J connectivity index is 1.93. The van der Waals surface area contributed by atoms with Crippen molar-refractivity contribution in [2.75, 3.05) is 44.0 Å². The summed E-state index contributed by atoms with van der Waals surface area (Å²) in [7, 11) is 1.73. The van der Waals surface area contributed by atoms with Gasteiger partial charge in [-0.1, -0.05) is 12.1 Å². The zero-order valence-electron chi connectivity index (χ0n) is 27.8. The number of nitrogens with zero attached hydrogens (tertiary/aromatic N) is 3. The van der Waals surface area contributed by atoms with Crippen molar-refractivity contribution in [3.8, 4) is 5.75 Å². The molecule has 45 heavy (non-hydrogen) atoms. The van der Waals surface area contributed by atoms with Crippen LogP contribution < -0.4 is 20.7 Å². The van der Waals surface area contributed by atoms with Gasteiger partial charge in [0, 0.05) is 44.4 Å². The number of ether oxygens (including phenoxy) is 2. The quantitative estimate of drug-likeness (QED) is 0.340. The number of urea groups is 2. The molecule has 4 atom stereocenters. The molecule has 2 aromatic rings. The highest BCUT2D eigenvalue weighted by Crippen LogP contribution is 2.29. The van der Waals surface area contributed by atoms with Crippen LogP contribution in [0.15, 0.2) is 22.7 Å². The number of carbonyl (C=O) groups is 3. The molecule has 1 aromatic heterocycles. The van der Waals surface area contributed by atoms with Gasteiger partial charge in [0.25, 0.3) is 5.91 Å². The van der Waals surface area contributed by atoms with E-state index in [-0.39, 0.29) is 54.8 Å². The summed E-state index contributed by atoms with van der Waals surface area (Å²) in [5.41, 5.74) is 1.65. The Morgan fingerprint density at radius 3 is 2.53 bits per heavy atom. The van der Waals surface area contributed by atoms with Crippen molar-refractivity contribution in [3.05, 3.63) is 35.2 Å². The number of carbonyl (C=O) groups excluding carboxylic acids is 3. The van der Waals surface area contributed by atoms with Crippen LogP contribution in [-0.4, -0.2) is 95.7 Å². The number of hydrogen-bond donors (Lipinski definition) is 4. The Morgan fingerprint density at radius 1 is 1.16 bits per heavy atom. The van der Waals surface area contributed by atoms with Crippen molar-refractivity contribution in [1.29, 1.82) is 0 Å². The van der Waals surface area contributed by atoms with Crippen LogP contribution in [0.2, 0.25) is 0 Å². The summed E-state index contributed by atoms with van der Waals surface area (Å²) < 4.78 is 17.7. The number of hydrogen-bond acceptors (Lipinski definition) is 8. The number of benzene rings is 1. The number of fused-ring (bicyclic) bond motifs is 1. The molecule has 2 heterocycles. The van der Waals surface area contributed by atoms with Crippen LogP contribution in [0.1, 0.15) is 75.7 Å². The molecule has 250 valence electrons. The summed E-state index contributed by atoms with van der Waals surface area (Å²) in [6.45, 7) is 13.8. The minimum atomic E-state index is -0.528. The van der Waals surface area contributed by atoms with Gasteiger partial charge in [-0.15, -0.1) is 0 Å². The van der Waals surface area contributed by atoms with Gasteiger partial charge in [-0.3, -0.25) is 4.79 Å². The lowest BCUT2D eigenvalue weighted by Crippen LogP contribution is -2.49. The highest BCUT2D eigenvalue weighted by atomic mass is 16.5. The van der Waals surface area contributed by atoms with Gasteiger partial charge in [0.1, 0.15) is 17.1 Å². The molecule has 0 bridgehead atoms. The average Bonchev–Trinajstić information content (AvgIpc) is 3.30. The Kier molecular flexibility index (Phi) is 13.0. The van der Waals surface area contributed by atoms with E-state index in [0.29, 0.717) is 41.7 Å². The molecule has 13 nitrogen and oxygen atoms in total. The first-order chi connectivity index (χ1) is 21.3. The molecule has 4 N–H and O–H groups in total. The maximum absolute atomic E-state index is 14.3. The summed E-state index contributed by atoms with van der Waals surface area (Å²) in [5, 5.41) is 22.5. The van der Waals surface area contributed by atoms with Gasteiger partial charge in [-0.2, -0.15) is 0 Å². The Labute approximate surface area is 266 Å².